The van der Waals surface area contributed by atoms with Crippen LogP contribution in [0.5, 0.6) is 0 Å². The zero-order valence-corrected chi connectivity index (χ0v) is 10.1. The Balaban J connectivity index is 2.37. The molecule has 0 fully saturated rings. The maximum atomic E-state index is 8.51. The molecule has 0 aliphatic heterocycles. The lowest BCUT2D eigenvalue weighted by atomic mass is 10.3. The van der Waals surface area contributed by atoms with Crippen molar-refractivity contribution in [3.05, 3.63) is 24.3 Å². The van der Waals surface area contributed by atoms with Crippen LogP contribution in [0, 0.1) is 11.5 Å². The van der Waals surface area contributed by atoms with E-state index < -0.39 is 0 Å². The Kier molecular flexibility index (Phi) is 3.39. The number of thiazole rings is 1. The van der Waals surface area contributed by atoms with E-state index in [0.717, 1.165) is 10.2 Å². The van der Waals surface area contributed by atoms with E-state index in [4.69, 9.17) is 5.26 Å². The first kappa shape index (κ1) is 10.9. The highest BCUT2D eigenvalue weighted by Crippen LogP contribution is 2.28. The highest BCUT2D eigenvalue weighted by Gasteiger charge is 2.03. The molecule has 0 saturated heterocycles. The quantitative estimate of drug-likeness (QED) is 0.365. The van der Waals surface area contributed by atoms with Crippen LogP contribution in [0.3, 0.4) is 0 Å². The van der Waals surface area contributed by atoms with E-state index in [0.29, 0.717) is 10.3 Å². The smallest absolute Gasteiger partial charge is 0.212 e. The highest BCUT2D eigenvalue weighted by atomic mass is 32.2. The van der Waals surface area contributed by atoms with Crippen molar-refractivity contribution >= 4 is 43.6 Å². The number of aromatic nitrogens is 1. The lowest BCUT2D eigenvalue weighted by molar-refractivity contribution is 1.27. The molecule has 0 radical (unpaired) electrons. The first-order chi connectivity index (χ1) is 7.83. The van der Waals surface area contributed by atoms with Crippen LogP contribution < -0.4 is 5.32 Å². The van der Waals surface area contributed by atoms with E-state index in [-0.39, 0.29) is 0 Å². The van der Waals surface area contributed by atoms with Gasteiger partial charge in [0, 0.05) is 0 Å². The molecule has 6 heteroatoms. The first-order valence-electron chi connectivity index (χ1n) is 4.47. The topological polar surface area (TPSA) is 61.1 Å². The lowest BCUT2D eigenvalue weighted by Crippen LogP contribution is -2.12. The molecule has 0 spiro atoms. The van der Waals surface area contributed by atoms with Crippen LogP contribution in [-0.4, -0.2) is 16.4 Å². The van der Waals surface area contributed by atoms with Gasteiger partial charge < -0.3 is 0 Å². The van der Waals surface area contributed by atoms with Crippen LogP contribution in [0.2, 0.25) is 0 Å². The number of nitriles is 1. The van der Waals surface area contributed by atoms with Crippen LogP contribution in [-0.2, 0) is 0 Å². The molecule has 80 valence electrons. The lowest BCUT2D eigenvalue weighted by Gasteiger charge is -1.95. The standard InChI is InChI=1S/C10H8N4S2/c1-15-9(12-6-11)14-10-13-7-4-2-3-5-8(7)16-10/h2-5H,1H3,(H,12,13,14). The number of para-hydroxylation sites is 1. The molecule has 16 heavy (non-hydrogen) atoms. The SMILES string of the molecule is CS/C(=N/c1nc2ccccc2s1)NC#N. The Labute approximate surface area is 101 Å². The van der Waals surface area contributed by atoms with Gasteiger partial charge in [0.2, 0.25) is 5.13 Å². The van der Waals surface area contributed by atoms with Gasteiger partial charge in [-0.25, -0.2) is 4.98 Å². The van der Waals surface area contributed by atoms with E-state index in [1.165, 1.54) is 23.1 Å². The Bertz CT molecular complexity index is 534. The molecule has 0 bridgehead atoms. The first-order valence-corrected chi connectivity index (χ1v) is 6.51. The Morgan fingerprint density at radius 3 is 3.06 bits per heavy atom. The fourth-order valence-electron chi connectivity index (χ4n) is 1.17. The number of fused-ring (bicyclic) bond motifs is 1. The van der Waals surface area contributed by atoms with Crippen molar-refractivity contribution in [3.8, 4) is 6.19 Å². The molecule has 0 amide bonds. The summed E-state index contributed by atoms with van der Waals surface area (Å²) in [5, 5.41) is 12.2. The molecule has 1 aromatic carbocycles. The summed E-state index contributed by atoms with van der Waals surface area (Å²) < 4.78 is 1.10. The fourth-order valence-corrected chi connectivity index (χ4v) is 2.39. The maximum Gasteiger partial charge on any atom is 0.212 e. The molecular weight excluding hydrogens is 240 g/mol. The van der Waals surface area contributed by atoms with Crippen molar-refractivity contribution in [1.82, 2.24) is 10.3 Å². The number of rotatable bonds is 1. The van der Waals surface area contributed by atoms with Crippen molar-refractivity contribution in [1.29, 1.82) is 5.26 Å². The molecule has 2 rings (SSSR count). The number of aliphatic imine (C=N–C) groups is 1. The van der Waals surface area contributed by atoms with Crippen molar-refractivity contribution < 1.29 is 0 Å². The van der Waals surface area contributed by atoms with Crippen LogP contribution in [0.4, 0.5) is 5.13 Å². The zero-order valence-electron chi connectivity index (χ0n) is 8.47. The molecule has 0 unspecified atom stereocenters. The van der Waals surface area contributed by atoms with E-state index in [1.807, 2.05) is 36.7 Å². The molecule has 2 aromatic rings. The second-order valence-corrected chi connectivity index (χ2v) is 4.63. The number of nitrogens with zero attached hydrogens (tertiary/aromatic N) is 3. The number of benzene rings is 1. The summed E-state index contributed by atoms with van der Waals surface area (Å²) in [6.07, 6.45) is 3.71. The predicted octanol–water partition coefficient (Wildman–Crippen LogP) is 2.72. The average molecular weight is 248 g/mol. The van der Waals surface area contributed by atoms with Crippen molar-refractivity contribution in [2.75, 3.05) is 6.26 Å². The summed E-state index contributed by atoms with van der Waals surface area (Å²) >= 11 is 2.89. The van der Waals surface area contributed by atoms with Gasteiger partial charge in [-0.3, -0.25) is 5.32 Å². The maximum absolute atomic E-state index is 8.51. The van der Waals surface area contributed by atoms with Gasteiger partial charge in [0.1, 0.15) is 0 Å². The van der Waals surface area contributed by atoms with Gasteiger partial charge in [-0.1, -0.05) is 35.2 Å². The molecule has 0 aliphatic carbocycles. The molecule has 1 N–H and O–H groups in total. The van der Waals surface area contributed by atoms with Gasteiger partial charge >= 0.3 is 0 Å². The number of hydrogen-bond acceptors (Lipinski definition) is 5. The monoisotopic (exact) mass is 248 g/mol. The van der Waals surface area contributed by atoms with Gasteiger partial charge in [0.15, 0.2) is 11.4 Å². The Hall–Kier alpha value is -1.58. The Morgan fingerprint density at radius 1 is 1.56 bits per heavy atom. The second-order valence-electron chi connectivity index (χ2n) is 2.82. The minimum absolute atomic E-state index is 0.557. The normalized spacial score (nSPS) is 11.4. The summed E-state index contributed by atoms with van der Waals surface area (Å²) in [5.74, 6) is 0. The van der Waals surface area contributed by atoms with E-state index in [9.17, 15) is 0 Å². The summed E-state index contributed by atoms with van der Waals surface area (Å²) in [4.78, 5) is 8.61. The van der Waals surface area contributed by atoms with E-state index in [2.05, 4.69) is 15.3 Å². The molecule has 4 nitrogen and oxygen atoms in total. The van der Waals surface area contributed by atoms with Crippen molar-refractivity contribution in [2.24, 2.45) is 4.99 Å². The number of amidine groups is 1. The summed E-state index contributed by atoms with van der Waals surface area (Å²) in [6.45, 7) is 0. The minimum Gasteiger partial charge on any atom is -0.271 e. The van der Waals surface area contributed by atoms with Gasteiger partial charge in [-0.2, -0.15) is 10.3 Å². The predicted molar refractivity (Wildman–Crippen MR) is 69.0 cm³/mol. The van der Waals surface area contributed by atoms with Gasteiger partial charge in [0.25, 0.3) is 0 Å². The third-order valence-corrected chi connectivity index (χ3v) is 3.35. The Morgan fingerprint density at radius 2 is 2.38 bits per heavy atom. The molecule has 0 atom stereocenters. The third-order valence-electron chi connectivity index (χ3n) is 1.84. The molecular formula is C10H8N4S2. The number of thioether (sulfide) groups is 1. The number of nitrogens with one attached hydrogen (secondary N) is 1. The second kappa shape index (κ2) is 4.96. The van der Waals surface area contributed by atoms with Crippen LogP contribution in [0.1, 0.15) is 0 Å². The van der Waals surface area contributed by atoms with Crippen LogP contribution in [0.15, 0.2) is 29.3 Å². The largest absolute Gasteiger partial charge is 0.271 e. The van der Waals surface area contributed by atoms with E-state index in [1.54, 1.807) is 0 Å². The van der Waals surface area contributed by atoms with Gasteiger partial charge in [-0.15, -0.1) is 0 Å². The molecule has 1 aromatic heterocycles. The van der Waals surface area contributed by atoms with Gasteiger partial charge in [0.05, 0.1) is 10.2 Å². The van der Waals surface area contributed by atoms with E-state index >= 15 is 0 Å². The van der Waals surface area contributed by atoms with Crippen molar-refractivity contribution in [3.63, 3.8) is 0 Å². The highest BCUT2D eigenvalue weighted by molar-refractivity contribution is 8.13. The summed E-state index contributed by atoms with van der Waals surface area (Å²) in [6, 6.07) is 7.86. The number of hydrogen-bond donors (Lipinski definition) is 1. The van der Waals surface area contributed by atoms with Gasteiger partial charge in [-0.05, 0) is 18.4 Å². The molecule has 0 saturated carbocycles. The van der Waals surface area contributed by atoms with Crippen LogP contribution >= 0.6 is 23.1 Å². The molecule has 1 heterocycles. The summed E-state index contributed by atoms with van der Waals surface area (Å²) in [5.41, 5.74) is 0.934. The van der Waals surface area contributed by atoms with Crippen molar-refractivity contribution in [2.45, 2.75) is 0 Å². The summed E-state index contributed by atoms with van der Waals surface area (Å²) in [7, 11) is 0. The third kappa shape index (κ3) is 2.32. The zero-order chi connectivity index (χ0) is 11.4. The van der Waals surface area contributed by atoms with Crippen LogP contribution in [0.25, 0.3) is 10.2 Å². The average Bonchev–Trinajstić information content (AvgIpc) is 2.70. The fraction of sp³-hybridized carbons (Fsp3) is 0.100. The molecule has 0 aliphatic rings. The minimum atomic E-state index is 0.557.